The van der Waals surface area contributed by atoms with Gasteiger partial charge in [0.15, 0.2) is 0 Å². The summed E-state index contributed by atoms with van der Waals surface area (Å²) in [7, 11) is -3.40. The van der Waals surface area contributed by atoms with Crippen molar-refractivity contribution < 1.29 is 22.4 Å². The van der Waals surface area contributed by atoms with Crippen LogP contribution >= 0.6 is 0 Å². The Hall–Kier alpha value is -3.13. The fourth-order valence-corrected chi connectivity index (χ4v) is 5.34. The lowest BCUT2D eigenvalue weighted by Gasteiger charge is -2.21. The van der Waals surface area contributed by atoms with Crippen molar-refractivity contribution in [1.29, 1.82) is 0 Å². The monoisotopic (exact) mass is 441 g/mol. The van der Waals surface area contributed by atoms with Crippen molar-refractivity contribution in [1.82, 2.24) is 0 Å². The van der Waals surface area contributed by atoms with Crippen LogP contribution in [0.15, 0.2) is 51.7 Å². The maximum absolute atomic E-state index is 12.6. The fourth-order valence-electron chi connectivity index (χ4n) is 4.08. The van der Waals surface area contributed by atoms with E-state index in [2.05, 4.69) is 0 Å². The van der Waals surface area contributed by atoms with Gasteiger partial charge in [-0.15, -0.1) is 0 Å². The normalized spacial score (nSPS) is 15.8. The van der Waals surface area contributed by atoms with Gasteiger partial charge >= 0.3 is 11.6 Å². The van der Waals surface area contributed by atoms with E-state index in [1.54, 1.807) is 18.2 Å². The van der Waals surface area contributed by atoms with Gasteiger partial charge in [0, 0.05) is 23.1 Å². The molecule has 31 heavy (non-hydrogen) atoms. The van der Waals surface area contributed by atoms with Crippen molar-refractivity contribution in [3.8, 4) is 0 Å². The quantitative estimate of drug-likeness (QED) is 0.445. The molecule has 2 aromatic carbocycles. The summed E-state index contributed by atoms with van der Waals surface area (Å²) in [5.41, 5.74) is 3.28. The van der Waals surface area contributed by atoms with Crippen LogP contribution in [0, 0.1) is 0 Å². The van der Waals surface area contributed by atoms with Gasteiger partial charge < -0.3 is 9.15 Å². The van der Waals surface area contributed by atoms with Gasteiger partial charge in [0.05, 0.1) is 17.5 Å². The van der Waals surface area contributed by atoms with E-state index in [4.69, 9.17) is 9.15 Å². The predicted octanol–water partition coefficient (Wildman–Crippen LogP) is 3.42. The third kappa shape index (κ3) is 4.07. The average molecular weight is 442 g/mol. The van der Waals surface area contributed by atoms with Crippen LogP contribution in [0.4, 0.5) is 5.69 Å². The van der Waals surface area contributed by atoms with Crippen molar-refractivity contribution in [2.45, 2.75) is 39.3 Å². The van der Waals surface area contributed by atoms with E-state index in [1.165, 1.54) is 16.6 Å². The number of hydrogen-bond acceptors (Lipinski definition) is 6. The largest absolute Gasteiger partial charge is 0.457 e. The Bertz CT molecular complexity index is 1340. The molecule has 162 valence electrons. The number of benzene rings is 2. The molecule has 0 aliphatic carbocycles. The van der Waals surface area contributed by atoms with E-state index in [1.807, 2.05) is 32.0 Å². The van der Waals surface area contributed by atoms with Gasteiger partial charge in [-0.25, -0.2) is 18.0 Å². The number of anilines is 1. The standard InChI is InChI=1S/C23H23NO6S/c1-4-15-5-7-19-18(12-22(25)30-21(19)10-15)13-29-23(26)16-6-8-20-17(11-16)9-14(2)24(20)31(3,27)28/h5-8,10-12,14H,4,9,13H2,1-3H3. The van der Waals surface area contributed by atoms with Crippen molar-refractivity contribution in [2.75, 3.05) is 10.6 Å². The molecule has 7 nitrogen and oxygen atoms in total. The number of aryl methyl sites for hydroxylation is 1. The van der Waals surface area contributed by atoms with Gasteiger partial charge in [-0.1, -0.05) is 19.1 Å². The highest BCUT2D eigenvalue weighted by atomic mass is 32.2. The number of hydrogen-bond donors (Lipinski definition) is 0. The van der Waals surface area contributed by atoms with Crippen molar-refractivity contribution >= 4 is 32.6 Å². The summed E-state index contributed by atoms with van der Waals surface area (Å²) in [5.74, 6) is -0.542. The molecule has 1 unspecified atom stereocenters. The number of ether oxygens (including phenoxy) is 1. The molecule has 0 saturated carbocycles. The first-order valence-electron chi connectivity index (χ1n) is 10.0. The van der Waals surface area contributed by atoms with Crippen LogP contribution in [0.2, 0.25) is 0 Å². The molecular weight excluding hydrogens is 418 g/mol. The summed E-state index contributed by atoms with van der Waals surface area (Å²) in [6, 6.07) is 11.6. The molecule has 1 aliphatic rings. The van der Waals surface area contributed by atoms with E-state index in [0.29, 0.717) is 28.8 Å². The Morgan fingerprint density at radius 3 is 2.68 bits per heavy atom. The highest BCUT2D eigenvalue weighted by Gasteiger charge is 2.32. The lowest BCUT2D eigenvalue weighted by atomic mass is 10.1. The fraction of sp³-hybridized carbons (Fsp3) is 0.304. The number of rotatable bonds is 5. The molecule has 0 saturated heterocycles. The third-order valence-corrected chi connectivity index (χ3v) is 6.76. The molecule has 0 amide bonds. The maximum atomic E-state index is 12.6. The van der Waals surface area contributed by atoms with Crippen LogP contribution in [0.3, 0.4) is 0 Å². The number of carbonyl (C=O) groups excluding carboxylic acids is 1. The molecule has 8 heteroatoms. The summed E-state index contributed by atoms with van der Waals surface area (Å²) < 4.78 is 36.2. The number of sulfonamides is 1. The number of carbonyl (C=O) groups is 1. The summed E-state index contributed by atoms with van der Waals surface area (Å²) in [5, 5.41) is 0.719. The minimum absolute atomic E-state index is 0.0741. The molecule has 1 atom stereocenters. The molecule has 1 aliphatic heterocycles. The molecule has 2 heterocycles. The lowest BCUT2D eigenvalue weighted by molar-refractivity contribution is 0.0473. The van der Waals surface area contributed by atoms with E-state index >= 15 is 0 Å². The molecule has 3 aromatic rings. The van der Waals surface area contributed by atoms with Gasteiger partial charge in [-0.2, -0.15) is 0 Å². The average Bonchev–Trinajstić information content (AvgIpc) is 3.06. The molecule has 0 fully saturated rings. The van der Waals surface area contributed by atoms with Crippen molar-refractivity contribution in [3.05, 3.63) is 75.1 Å². The van der Waals surface area contributed by atoms with E-state index in [9.17, 15) is 18.0 Å². The first kappa shape index (κ1) is 21.1. The summed E-state index contributed by atoms with van der Waals surface area (Å²) in [6.45, 7) is 3.77. The van der Waals surface area contributed by atoms with Crippen molar-refractivity contribution in [3.63, 3.8) is 0 Å². The second kappa shape index (κ2) is 7.85. The smallest absolute Gasteiger partial charge is 0.338 e. The Balaban J connectivity index is 1.57. The zero-order valence-corrected chi connectivity index (χ0v) is 18.4. The van der Waals surface area contributed by atoms with Crippen molar-refractivity contribution in [2.24, 2.45) is 0 Å². The molecule has 0 radical (unpaired) electrons. The number of nitrogens with zero attached hydrogens (tertiary/aromatic N) is 1. The number of fused-ring (bicyclic) bond motifs is 2. The second-order valence-electron chi connectivity index (χ2n) is 7.81. The van der Waals surface area contributed by atoms with E-state index in [-0.39, 0.29) is 12.6 Å². The topological polar surface area (TPSA) is 93.9 Å². The van der Waals surface area contributed by atoms with Gasteiger partial charge in [-0.05, 0) is 55.2 Å². The second-order valence-corrected chi connectivity index (χ2v) is 9.67. The molecule has 0 N–H and O–H groups in total. The first-order chi connectivity index (χ1) is 14.7. The Morgan fingerprint density at radius 1 is 1.19 bits per heavy atom. The van der Waals surface area contributed by atoms with Crippen LogP contribution in [0.5, 0.6) is 0 Å². The zero-order chi connectivity index (χ0) is 22.3. The molecule has 0 bridgehead atoms. The number of esters is 1. The Kier molecular flexibility index (Phi) is 5.35. The van der Waals surface area contributed by atoms with Crippen LogP contribution < -0.4 is 9.93 Å². The molecule has 0 spiro atoms. The van der Waals surface area contributed by atoms with Gasteiger partial charge in [0.2, 0.25) is 10.0 Å². The summed E-state index contributed by atoms with van der Waals surface area (Å²) in [4.78, 5) is 24.6. The minimum Gasteiger partial charge on any atom is -0.457 e. The van der Waals surface area contributed by atoms with E-state index < -0.39 is 21.6 Å². The van der Waals surface area contributed by atoms with E-state index in [0.717, 1.165) is 22.9 Å². The van der Waals surface area contributed by atoms with Gasteiger partial charge in [0.25, 0.3) is 0 Å². The van der Waals surface area contributed by atoms with Crippen LogP contribution in [0.25, 0.3) is 11.0 Å². The maximum Gasteiger partial charge on any atom is 0.338 e. The Morgan fingerprint density at radius 2 is 1.97 bits per heavy atom. The highest BCUT2D eigenvalue weighted by molar-refractivity contribution is 7.92. The zero-order valence-electron chi connectivity index (χ0n) is 17.5. The van der Waals surface area contributed by atoms with Gasteiger partial charge in [0.1, 0.15) is 12.2 Å². The lowest BCUT2D eigenvalue weighted by Crippen LogP contribution is -2.34. The SMILES string of the molecule is CCc1ccc2c(COC(=O)c3ccc4c(c3)CC(C)N4S(C)(=O)=O)cc(=O)oc2c1. The van der Waals surface area contributed by atoms with Gasteiger partial charge in [-0.3, -0.25) is 4.31 Å². The Labute approximate surface area is 180 Å². The first-order valence-corrected chi connectivity index (χ1v) is 11.9. The van der Waals surface area contributed by atoms with Crippen LogP contribution in [0.1, 0.15) is 40.9 Å². The minimum atomic E-state index is -3.40. The predicted molar refractivity (Wildman–Crippen MR) is 118 cm³/mol. The van der Waals surface area contributed by atoms with Crippen LogP contribution in [-0.2, 0) is 34.2 Å². The third-order valence-electron chi connectivity index (χ3n) is 5.49. The van der Waals surface area contributed by atoms with Crippen LogP contribution in [-0.4, -0.2) is 26.7 Å². The molecular formula is C23H23NO6S. The molecule has 1 aromatic heterocycles. The summed E-state index contributed by atoms with van der Waals surface area (Å²) in [6.07, 6.45) is 2.51. The molecule has 4 rings (SSSR count). The highest BCUT2D eigenvalue weighted by Crippen LogP contribution is 2.35. The summed E-state index contributed by atoms with van der Waals surface area (Å²) >= 11 is 0.